The maximum Gasteiger partial charge on any atom is 0.251 e. The lowest BCUT2D eigenvalue weighted by Gasteiger charge is -2.50. The van der Waals surface area contributed by atoms with E-state index >= 15 is 0 Å². The first kappa shape index (κ1) is 35.0. The maximum absolute atomic E-state index is 14.0. The number of nitrogens with one attached hydrogen (secondary N) is 2. The van der Waals surface area contributed by atoms with Gasteiger partial charge in [0, 0.05) is 30.6 Å². The normalized spacial score (nSPS) is 29.0. The third kappa shape index (κ3) is 7.95. The number of nitrogens with zero attached hydrogens (tertiary/aromatic N) is 2. The van der Waals surface area contributed by atoms with E-state index in [2.05, 4.69) is 45.3 Å². The van der Waals surface area contributed by atoms with Gasteiger partial charge < -0.3 is 25.7 Å². The minimum Gasteiger partial charge on any atom is -0.394 e. The zero-order valence-electron chi connectivity index (χ0n) is 28.3. The van der Waals surface area contributed by atoms with Crippen molar-refractivity contribution >= 4 is 11.8 Å². The quantitative estimate of drug-likeness (QED) is 0.300. The van der Waals surface area contributed by atoms with Gasteiger partial charge in [-0.15, -0.1) is 0 Å². The molecule has 1 heterocycles. The molecule has 0 radical (unpaired) electrons. The number of hydroxylamine groups is 2. The van der Waals surface area contributed by atoms with Gasteiger partial charge in [-0.3, -0.25) is 14.4 Å². The van der Waals surface area contributed by atoms with E-state index in [9.17, 15) is 19.8 Å². The number of amides is 2. The van der Waals surface area contributed by atoms with Gasteiger partial charge >= 0.3 is 0 Å². The minimum absolute atomic E-state index is 0.0153. The number of benzene rings is 2. The lowest BCUT2D eigenvalue weighted by atomic mass is 9.58. The first-order valence-electron chi connectivity index (χ1n) is 16.4. The van der Waals surface area contributed by atoms with Crippen molar-refractivity contribution in [1.82, 2.24) is 20.6 Å². The smallest absolute Gasteiger partial charge is 0.251 e. The average Bonchev–Trinajstić information content (AvgIpc) is 3.37. The lowest BCUT2D eigenvalue weighted by Crippen LogP contribution is -2.56. The van der Waals surface area contributed by atoms with Gasteiger partial charge in [-0.1, -0.05) is 65.0 Å². The summed E-state index contributed by atoms with van der Waals surface area (Å²) in [5.41, 5.74) is 3.64. The molecule has 9 nitrogen and oxygen atoms in total. The standard InChI is InChI=1S/C36H54N4O5/c1-22-18-30(23(2)24(3)36(22,5)6)38-35(44)33-32(25(4)42)31(21-41)45-40(33)20-26-10-9-11-29(19-26)27-12-14-28(15-13-27)34(43)37-16-17-39(7)8/h9-15,19,22-25,30-33,41-42H,16-18,20-21H2,1-8H3,(H,37,43)(H,38,44)/t22-,23+,24+,25+,30?,31+,32-,33+/m1/s1. The molecule has 248 valence electrons. The van der Waals surface area contributed by atoms with E-state index in [1.165, 1.54) is 0 Å². The summed E-state index contributed by atoms with van der Waals surface area (Å²) >= 11 is 0. The van der Waals surface area contributed by atoms with E-state index in [4.69, 9.17) is 4.84 Å². The number of rotatable bonds is 11. The van der Waals surface area contributed by atoms with Crippen LogP contribution >= 0.6 is 0 Å². The van der Waals surface area contributed by atoms with Crippen LogP contribution in [0.25, 0.3) is 11.1 Å². The summed E-state index contributed by atoms with van der Waals surface area (Å²) in [4.78, 5) is 34.7. The highest BCUT2D eigenvalue weighted by Gasteiger charge is 2.51. The molecule has 1 saturated heterocycles. The van der Waals surface area contributed by atoms with Gasteiger partial charge in [0.15, 0.2) is 0 Å². The van der Waals surface area contributed by atoms with Gasteiger partial charge in [-0.2, -0.15) is 5.06 Å². The van der Waals surface area contributed by atoms with Crippen molar-refractivity contribution in [2.75, 3.05) is 33.8 Å². The van der Waals surface area contributed by atoms with Crippen molar-refractivity contribution in [3.63, 3.8) is 0 Å². The molecule has 2 aromatic carbocycles. The highest BCUT2D eigenvalue weighted by molar-refractivity contribution is 5.94. The molecular formula is C36H54N4O5. The molecular weight excluding hydrogens is 568 g/mol. The van der Waals surface area contributed by atoms with Gasteiger partial charge in [0.1, 0.15) is 12.1 Å². The zero-order chi connectivity index (χ0) is 33.1. The Morgan fingerprint density at radius 1 is 1.09 bits per heavy atom. The van der Waals surface area contributed by atoms with Crippen molar-refractivity contribution in [1.29, 1.82) is 0 Å². The van der Waals surface area contributed by atoms with E-state index in [1.807, 2.05) is 67.5 Å². The van der Waals surface area contributed by atoms with Crippen LogP contribution < -0.4 is 10.6 Å². The Balaban J connectivity index is 1.51. The summed E-state index contributed by atoms with van der Waals surface area (Å²) in [7, 11) is 3.94. The SMILES string of the molecule is C[C@H](O)[C@@H]1[C@H](CO)ON(Cc2cccc(-c3ccc(C(=O)NCCN(C)C)cc3)c2)[C@@H]1C(=O)NC1C[C@@H](C)C(C)(C)[C@@H](C)[C@@H]1C. The fraction of sp³-hybridized carbons (Fsp3) is 0.611. The van der Waals surface area contributed by atoms with Gasteiger partial charge in [0.25, 0.3) is 5.91 Å². The molecule has 9 heteroatoms. The third-order valence-electron chi connectivity index (χ3n) is 10.8. The summed E-state index contributed by atoms with van der Waals surface area (Å²) in [6.07, 6.45) is -0.659. The maximum atomic E-state index is 14.0. The van der Waals surface area contributed by atoms with Crippen molar-refractivity contribution in [2.45, 2.75) is 78.8 Å². The Morgan fingerprint density at radius 2 is 1.78 bits per heavy atom. The van der Waals surface area contributed by atoms with Crippen LogP contribution in [0.3, 0.4) is 0 Å². The van der Waals surface area contributed by atoms with E-state index in [1.54, 1.807) is 12.0 Å². The van der Waals surface area contributed by atoms with Crippen molar-refractivity contribution in [3.8, 4) is 11.1 Å². The lowest BCUT2D eigenvalue weighted by molar-refractivity contribution is -0.182. The number of aliphatic hydroxyl groups excluding tert-OH is 2. The van der Waals surface area contributed by atoms with Crippen molar-refractivity contribution in [2.24, 2.45) is 29.1 Å². The van der Waals surface area contributed by atoms with Crippen LogP contribution in [-0.4, -0.2) is 90.1 Å². The summed E-state index contributed by atoms with van der Waals surface area (Å²) in [5, 5.41) is 28.8. The second kappa shape index (κ2) is 14.7. The summed E-state index contributed by atoms with van der Waals surface area (Å²) in [5.74, 6) is 0.297. The Morgan fingerprint density at radius 3 is 2.40 bits per heavy atom. The number of hydrogen-bond donors (Lipinski definition) is 4. The second-order valence-electron chi connectivity index (χ2n) is 14.2. The number of carbonyl (C=O) groups is 2. The van der Waals surface area contributed by atoms with E-state index in [0.29, 0.717) is 36.4 Å². The Bertz CT molecular complexity index is 1300. The van der Waals surface area contributed by atoms with Crippen LogP contribution in [0.4, 0.5) is 0 Å². The highest BCUT2D eigenvalue weighted by atomic mass is 16.7. The van der Waals surface area contributed by atoms with Gasteiger partial charge in [0.2, 0.25) is 5.91 Å². The molecule has 1 saturated carbocycles. The molecule has 1 aliphatic carbocycles. The molecule has 0 spiro atoms. The average molecular weight is 623 g/mol. The molecule has 2 amide bonds. The molecule has 2 fully saturated rings. The van der Waals surface area contributed by atoms with Gasteiger partial charge in [0.05, 0.1) is 19.3 Å². The molecule has 1 unspecified atom stereocenters. The van der Waals surface area contributed by atoms with Crippen LogP contribution in [-0.2, 0) is 16.2 Å². The molecule has 2 aromatic rings. The molecule has 4 rings (SSSR count). The predicted molar refractivity (Wildman–Crippen MR) is 177 cm³/mol. The fourth-order valence-corrected chi connectivity index (χ4v) is 7.05. The topological polar surface area (TPSA) is 114 Å². The minimum atomic E-state index is -0.853. The second-order valence-corrected chi connectivity index (χ2v) is 14.2. The van der Waals surface area contributed by atoms with Crippen LogP contribution in [0.1, 0.15) is 63.9 Å². The number of aliphatic hydroxyl groups is 2. The summed E-state index contributed by atoms with van der Waals surface area (Å²) in [6, 6.07) is 14.8. The molecule has 2 aliphatic rings. The van der Waals surface area contributed by atoms with Gasteiger partial charge in [-0.05, 0) is 85.5 Å². The van der Waals surface area contributed by atoms with Crippen LogP contribution in [0.5, 0.6) is 0 Å². The molecule has 45 heavy (non-hydrogen) atoms. The number of hydrogen-bond acceptors (Lipinski definition) is 7. The first-order chi connectivity index (χ1) is 21.2. The highest BCUT2D eigenvalue weighted by Crippen LogP contribution is 2.47. The molecule has 8 atom stereocenters. The summed E-state index contributed by atoms with van der Waals surface area (Å²) < 4.78 is 0. The molecule has 4 N–H and O–H groups in total. The van der Waals surface area contributed by atoms with Crippen LogP contribution in [0.2, 0.25) is 0 Å². The number of carbonyl (C=O) groups excluding carboxylic acids is 2. The van der Waals surface area contributed by atoms with E-state index < -0.39 is 24.2 Å². The van der Waals surface area contributed by atoms with Crippen LogP contribution in [0, 0.1) is 29.1 Å². The monoisotopic (exact) mass is 622 g/mol. The van der Waals surface area contributed by atoms with Gasteiger partial charge in [-0.25, -0.2) is 0 Å². The Hall–Kier alpha value is -2.82. The molecule has 1 aliphatic heterocycles. The van der Waals surface area contributed by atoms with E-state index in [-0.39, 0.29) is 29.9 Å². The zero-order valence-corrected chi connectivity index (χ0v) is 28.3. The van der Waals surface area contributed by atoms with E-state index in [0.717, 1.165) is 29.7 Å². The Labute approximate surface area is 269 Å². The third-order valence-corrected chi connectivity index (χ3v) is 10.8. The molecule has 0 aromatic heterocycles. The van der Waals surface area contributed by atoms with Crippen LogP contribution in [0.15, 0.2) is 48.5 Å². The number of likely N-dealkylation sites (N-methyl/N-ethyl adjacent to an activating group) is 1. The van der Waals surface area contributed by atoms with Crippen molar-refractivity contribution < 1.29 is 24.6 Å². The molecule has 0 bridgehead atoms. The first-order valence-corrected chi connectivity index (χ1v) is 16.4. The fourth-order valence-electron chi connectivity index (χ4n) is 7.05. The van der Waals surface area contributed by atoms with Crippen molar-refractivity contribution in [3.05, 3.63) is 59.7 Å². The summed E-state index contributed by atoms with van der Waals surface area (Å²) in [6.45, 7) is 14.4. The largest absolute Gasteiger partial charge is 0.394 e. The predicted octanol–water partition coefficient (Wildman–Crippen LogP) is 3.94. The Kier molecular flexibility index (Phi) is 11.5.